The third-order valence-electron chi connectivity index (χ3n) is 4.05. The lowest BCUT2D eigenvalue weighted by molar-refractivity contribution is 0.902. The number of fused-ring (bicyclic) bond motifs is 1. The molecule has 0 saturated heterocycles. The van der Waals surface area contributed by atoms with Crippen molar-refractivity contribution in [2.45, 2.75) is 39.5 Å². The van der Waals surface area contributed by atoms with Gasteiger partial charge < -0.3 is 0 Å². The highest BCUT2D eigenvalue weighted by molar-refractivity contribution is 6.31. The van der Waals surface area contributed by atoms with Gasteiger partial charge in [-0.2, -0.15) is 0 Å². The molecule has 2 aromatic heterocycles. The van der Waals surface area contributed by atoms with Crippen molar-refractivity contribution in [3.8, 4) is 5.95 Å². The lowest BCUT2D eigenvalue weighted by atomic mass is 10.0. The Balaban J connectivity index is 2.26. The highest BCUT2D eigenvalue weighted by Gasteiger charge is 2.15. The Morgan fingerprint density at radius 1 is 1.12 bits per heavy atom. The smallest absolute Gasteiger partial charge is 0.234 e. The molecule has 0 saturated carbocycles. The number of halogens is 1. The number of rotatable bonds is 6. The molecule has 0 amide bonds. The minimum absolute atomic E-state index is 0.684. The molecule has 4 heteroatoms. The van der Waals surface area contributed by atoms with Crippen LogP contribution in [0.25, 0.3) is 22.4 Å². The number of hydrogen-bond acceptors (Lipinski definition) is 2. The number of unbranched alkanes of at least 4 members (excludes halogenated alkanes) is 1. The molecule has 0 atom stereocenters. The van der Waals surface area contributed by atoms with E-state index in [0.29, 0.717) is 5.95 Å². The summed E-state index contributed by atoms with van der Waals surface area (Å²) >= 11 is 6.24. The van der Waals surface area contributed by atoms with E-state index >= 15 is 0 Å². The molecule has 0 unspecified atom stereocenters. The Hall–Kier alpha value is -2.13. The van der Waals surface area contributed by atoms with Crippen molar-refractivity contribution in [2.24, 2.45) is 0 Å². The molecule has 3 aromatic rings. The fourth-order valence-corrected chi connectivity index (χ4v) is 3.12. The molecule has 0 radical (unpaired) electrons. The highest BCUT2D eigenvalue weighted by atomic mass is 35.5. The summed E-state index contributed by atoms with van der Waals surface area (Å²) in [7, 11) is 0. The van der Waals surface area contributed by atoms with Gasteiger partial charge in [0.2, 0.25) is 5.95 Å². The first kappa shape index (κ1) is 16.7. The van der Waals surface area contributed by atoms with Crippen LogP contribution in [0.1, 0.15) is 45.2 Å². The second-order valence-electron chi connectivity index (χ2n) is 5.88. The average molecular weight is 340 g/mol. The standard InChI is InChI=1S/C20H22ClN3/c1-3-5-8-15(7-4-2)18-13-16-9-10-17(21)14-19(16)24(18)20-22-11-6-12-23-20/h6,8-14H,3-5,7H2,1-2H3/b15-8+. The molecule has 0 spiro atoms. The molecular formula is C20H22ClN3. The Morgan fingerprint density at radius 2 is 1.92 bits per heavy atom. The van der Waals surface area contributed by atoms with Gasteiger partial charge in [0.25, 0.3) is 0 Å². The van der Waals surface area contributed by atoms with Crippen LogP contribution in [-0.4, -0.2) is 14.5 Å². The largest absolute Gasteiger partial charge is 0.278 e. The Morgan fingerprint density at radius 3 is 2.62 bits per heavy atom. The molecule has 1 aromatic carbocycles. The molecule has 3 rings (SSSR count). The van der Waals surface area contributed by atoms with Crippen LogP contribution in [0.5, 0.6) is 0 Å². The van der Waals surface area contributed by atoms with Gasteiger partial charge in [0.1, 0.15) is 0 Å². The topological polar surface area (TPSA) is 30.7 Å². The van der Waals surface area contributed by atoms with Crippen molar-refractivity contribution in [1.82, 2.24) is 14.5 Å². The van der Waals surface area contributed by atoms with Crippen LogP contribution in [0.2, 0.25) is 5.02 Å². The number of nitrogens with zero attached hydrogens (tertiary/aromatic N) is 3. The van der Waals surface area contributed by atoms with E-state index in [1.54, 1.807) is 12.4 Å². The van der Waals surface area contributed by atoms with E-state index in [1.165, 1.54) is 5.57 Å². The van der Waals surface area contributed by atoms with Gasteiger partial charge in [0, 0.05) is 22.8 Å². The second-order valence-corrected chi connectivity index (χ2v) is 6.32. The SMILES string of the molecule is CCC/C=C(\CCC)c1cc2ccc(Cl)cc2n1-c1ncccn1. The molecule has 0 fully saturated rings. The summed E-state index contributed by atoms with van der Waals surface area (Å²) in [4.78, 5) is 8.93. The molecule has 24 heavy (non-hydrogen) atoms. The van der Waals surface area contributed by atoms with Crippen molar-refractivity contribution in [1.29, 1.82) is 0 Å². The maximum Gasteiger partial charge on any atom is 0.234 e. The highest BCUT2D eigenvalue weighted by Crippen LogP contribution is 2.31. The van der Waals surface area contributed by atoms with Crippen molar-refractivity contribution in [3.05, 3.63) is 59.5 Å². The van der Waals surface area contributed by atoms with Crippen molar-refractivity contribution in [3.63, 3.8) is 0 Å². The maximum absolute atomic E-state index is 6.24. The van der Waals surface area contributed by atoms with E-state index in [0.717, 1.165) is 47.3 Å². The fourth-order valence-electron chi connectivity index (χ4n) is 2.96. The quantitative estimate of drug-likeness (QED) is 0.546. The van der Waals surface area contributed by atoms with E-state index in [9.17, 15) is 0 Å². The van der Waals surface area contributed by atoms with Crippen molar-refractivity contribution in [2.75, 3.05) is 0 Å². The molecule has 2 heterocycles. The Bertz CT molecular complexity index is 850. The normalized spacial score (nSPS) is 12.0. The summed E-state index contributed by atoms with van der Waals surface area (Å²) in [5.41, 5.74) is 3.55. The predicted molar refractivity (Wildman–Crippen MR) is 102 cm³/mol. The van der Waals surface area contributed by atoms with Crippen molar-refractivity contribution >= 4 is 28.1 Å². The van der Waals surface area contributed by atoms with Crippen LogP contribution in [0.3, 0.4) is 0 Å². The van der Waals surface area contributed by atoms with Gasteiger partial charge in [-0.15, -0.1) is 0 Å². The lowest BCUT2D eigenvalue weighted by Gasteiger charge is -2.12. The van der Waals surface area contributed by atoms with Gasteiger partial charge in [-0.05, 0) is 42.7 Å². The Kier molecular flexibility index (Phi) is 5.31. The van der Waals surface area contributed by atoms with Crippen LogP contribution in [0.15, 0.2) is 48.8 Å². The van der Waals surface area contributed by atoms with E-state index in [1.807, 2.05) is 18.2 Å². The summed E-state index contributed by atoms with van der Waals surface area (Å²) < 4.78 is 2.12. The van der Waals surface area contributed by atoms with E-state index < -0.39 is 0 Å². The number of benzene rings is 1. The minimum atomic E-state index is 0.684. The maximum atomic E-state index is 6.24. The average Bonchev–Trinajstić information content (AvgIpc) is 2.97. The summed E-state index contributed by atoms with van der Waals surface area (Å²) in [5.74, 6) is 0.684. The van der Waals surface area contributed by atoms with Gasteiger partial charge in [-0.3, -0.25) is 4.57 Å². The van der Waals surface area contributed by atoms with Gasteiger partial charge in [-0.25, -0.2) is 9.97 Å². The zero-order valence-electron chi connectivity index (χ0n) is 14.2. The van der Waals surface area contributed by atoms with E-state index in [-0.39, 0.29) is 0 Å². The van der Waals surface area contributed by atoms with Crippen LogP contribution >= 0.6 is 11.6 Å². The zero-order chi connectivity index (χ0) is 16.9. The van der Waals surface area contributed by atoms with Crippen LogP contribution in [-0.2, 0) is 0 Å². The predicted octanol–water partition coefficient (Wildman–Crippen LogP) is 6.06. The lowest BCUT2D eigenvalue weighted by Crippen LogP contribution is -2.04. The first-order valence-electron chi connectivity index (χ1n) is 8.52. The van der Waals surface area contributed by atoms with Crippen LogP contribution < -0.4 is 0 Å². The Labute approximate surface area is 148 Å². The third-order valence-corrected chi connectivity index (χ3v) is 4.28. The van der Waals surface area contributed by atoms with Crippen molar-refractivity contribution < 1.29 is 0 Å². The van der Waals surface area contributed by atoms with Gasteiger partial charge in [0.05, 0.1) is 11.2 Å². The molecule has 124 valence electrons. The second kappa shape index (κ2) is 7.63. The molecule has 0 bridgehead atoms. The first-order valence-corrected chi connectivity index (χ1v) is 8.90. The molecule has 0 N–H and O–H groups in total. The minimum Gasteiger partial charge on any atom is -0.278 e. The number of allylic oxidation sites excluding steroid dienone is 2. The summed E-state index contributed by atoms with van der Waals surface area (Å²) in [6, 6.07) is 10.0. The number of hydrogen-bond donors (Lipinski definition) is 0. The number of aromatic nitrogens is 3. The monoisotopic (exact) mass is 339 g/mol. The van der Waals surface area contributed by atoms with Gasteiger partial charge in [-0.1, -0.05) is 50.4 Å². The van der Waals surface area contributed by atoms with Gasteiger partial charge in [0.15, 0.2) is 0 Å². The summed E-state index contributed by atoms with van der Waals surface area (Å²) in [6.07, 6.45) is 10.3. The molecular weight excluding hydrogens is 318 g/mol. The molecule has 0 aliphatic heterocycles. The van der Waals surface area contributed by atoms with Gasteiger partial charge >= 0.3 is 0 Å². The van der Waals surface area contributed by atoms with E-state index in [4.69, 9.17) is 11.6 Å². The summed E-state index contributed by atoms with van der Waals surface area (Å²) in [5, 5.41) is 1.87. The molecule has 3 nitrogen and oxygen atoms in total. The van der Waals surface area contributed by atoms with Crippen LogP contribution in [0.4, 0.5) is 0 Å². The zero-order valence-corrected chi connectivity index (χ0v) is 14.9. The fraction of sp³-hybridized carbons (Fsp3) is 0.300. The third kappa shape index (κ3) is 3.36. The van der Waals surface area contributed by atoms with Crippen LogP contribution in [0, 0.1) is 0 Å². The first-order chi connectivity index (χ1) is 11.7. The van der Waals surface area contributed by atoms with E-state index in [2.05, 4.69) is 46.6 Å². The molecule has 0 aliphatic rings. The summed E-state index contributed by atoms with van der Waals surface area (Å²) in [6.45, 7) is 4.42. The molecule has 0 aliphatic carbocycles.